The van der Waals surface area contributed by atoms with Crippen LogP contribution in [0.3, 0.4) is 0 Å². The Morgan fingerprint density at radius 3 is 1.42 bits per heavy atom. The molecule has 6 rings (SSSR count). The van der Waals surface area contributed by atoms with Crippen LogP contribution in [0, 0.1) is 29.6 Å². The fourth-order valence-corrected chi connectivity index (χ4v) is 6.18. The van der Waals surface area contributed by atoms with Crippen LogP contribution in [0.1, 0.15) is 35.1 Å². The molecule has 43 heavy (non-hydrogen) atoms. The maximum atomic E-state index is 12.2. The average molecular weight is 595 g/mol. The van der Waals surface area contributed by atoms with Gasteiger partial charge < -0.3 is 55.4 Å². The zero-order valence-electron chi connectivity index (χ0n) is 23.0. The van der Waals surface area contributed by atoms with Crippen LogP contribution in [0.5, 0.6) is 0 Å². The minimum atomic E-state index is -1.53. The molecule has 0 aromatic heterocycles. The van der Waals surface area contributed by atoms with Crippen molar-refractivity contribution >= 4 is 0 Å². The van der Waals surface area contributed by atoms with Crippen LogP contribution in [0.25, 0.3) is 11.1 Å². The fourth-order valence-electron chi connectivity index (χ4n) is 6.18. The quantitative estimate of drug-likeness (QED) is 0.173. The summed E-state index contributed by atoms with van der Waals surface area (Å²) < 4.78 is 11.0. The Balaban J connectivity index is 1.29. The predicted octanol–water partition coefficient (Wildman–Crippen LogP) is -2.30. The van der Waals surface area contributed by atoms with E-state index in [-0.39, 0.29) is 5.92 Å². The molecular weight excluding hydrogens is 560 g/mol. The molecule has 2 saturated heterocycles. The summed E-state index contributed by atoms with van der Waals surface area (Å²) in [4.78, 5) is 0. The third kappa shape index (κ3) is 5.17. The molecule has 0 spiro atoms. The van der Waals surface area contributed by atoms with Gasteiger partial charge in [0.15, 0.2) is 0 Å². The first-order chi connectivity index (χ1) is 20.6. The van der Waals surface area contributed by atoms with E-state index in [2.05, 4.69) is 23.7 Å². The lowest BCUT2D eigenvalue weighted by molar-refractivity contribution is -0.214. The van der Waals surface area contributed by atoms with E-state index in [0.717, 1.165) is 24.0 Å². The van der Waals surface area contributed by atoms with Crippen LogP contribution in [-0.4, -0.2) is 120 Å². The molecule has 2 heterocycles. The van der Waals surface area contributed by atoms with Gasteiger partial charge in [-0.2, -0.15) is 0 Å². The molecule has 11 nitrogen and oxygen atoms in total. The van der Waals surface area contributed by atoms with E-state index >= 15 is 0 Å². The minimum Gasteiger partial charge on any atom is -0.394 e. The molecule has 0 bridgehead atoms. The van der Waals surface area contributed by atoms with Crippen molar-refractivity contribution in [3.05, 3.63) is 58.7 Å². The van der Waals surface area contributed by atoms with Crippen molar-refractivity contribution in [2.75, 3.05) is 13.2 Å². The first kappa shape index (κ1) is 30.2. The predicted molar refractivity (Wildman–Crippen MR) is 149 cm³/mol. The van der Waals surface area contributed by atoms with Gasteiger partial charge in [0, 0.05) is 11.1 Å². The third-order valence-electron chi connectivity index (χ3n) is 8.82. The van der Waals surface area contributed by atoms with Gasteiger partial charge in [0.25, 0.3) is 0 Å². The highest BCUT2D eigenvalue weighted by molar-refractivity contribution is 5.82. The molecule has 1 saturated carbocycles. The number of fused-ring (bicyclic) bond motifs is 3. The van der Waals surface area contributed by atoms with Crippen LogP contribution in [-0.2, 0) is 15.1 Å². The summed E-state index contributed by atoms with van der Waals surface area (Å²) in [6.45, 7) is -1.10. The Morgan fingerprint density at radius 1 is 0.628 bits per heavy atom. The van der Waals surface area contributed by atoms with E-state index in [1.165, 1.54) is 0 Å². The maximum absolute atomic E-state index is 12.2. The van der Waals surface area contributed by atoms with Crippen LogP contribution >= 0.6 is 0 Å². The van der Waals surface area contributed by atoms with E-state index in [1.807, 2.05) is 12.1 Å². The van der Waals surface area contributed by atoms with Gasteiger partial charge in [-0.1, -0.05) is 35.8 Å². The average Bonchev–Trinajstić information content (AvgIpc) is 3.85. The number of hydrogen-bond donors (Lipinski definition) is 9. The molecule has 10 unspecified atom stereocenters. The van der Waals surface area contributed by atoms with Gasteiger partial charge in [0.05, 0.1) is 13.2 Å². The van der Waals surface area contributed by atoms with Gasteiger partial charge in [-0.05, 0) is 65.3 Å². The van der Waals surface area contributed by atoms with Crippen molar-refractivity contribution < 1.29 is 55.4 Å². The van der Waals surface area contributed by atoms with E-state index in [9.17, 15) is 46.0 Å². The maximum Gasteiger partial charge on any atom is 0.147 e. The number of aliphatic hydroxyl groups is 9. The lowest BCUT2D eigenvalue weighted by atomic mass is 9.85. The summed E-state index contributed by atoms with van der Waals surface area (Å²) in [5, 5.41) is 91.9. The molecule has 0 radical (unpaired) electrons. The molecule has 4 aliphatic rings. The Hall–Kier alpha value is -2.88. The monoisotopic (exact) mass is 594 g/mol. The Bertz CT molecular complexity index is 1390. The largest absolute Gasteiger partial charge is 0.394 e. The molecule has 11 heteroatoms. The van der Waals surface area contributed by atoms with Crippen molar-refractivity contribution in [1.29, 1.82) is 0 Å². The second-order valence-electron chi connectivity index (χ2n) is 11.6. The zero-order valence-corrected chi connectivity index (χ0v) is 23.0. The first-order valence-electron chi connectivity index (χ1n) is 14.2. The van der Waals surface area contributed by atoms with E-state index in [4.69, 9.17) is 9.47 Å². The van der Waals surface area contributed by atoms with Crippen LogP contribution in [0.15, 0.2) is 36.4 Å². The van der Waals surface area contributed by atoms with Gasteiger partial charge in [0.1, 0.15) is 66.6 Å². The molecule has 0 amide bonds. The standard InChI is InChI=1S/C32H34O11/c33-13-24-28(37)30(39)26(35)22(42-24)9-3-15-1-7-18-19-8-2-16(12-21(19)32(41,17-5-6-17)20(18)11-15)4-10-23-27(36)31(40)29(38)25(14-34)43-23/h1-2,7-8,11-12,17,22-31,33-41H,5-6,13-14H2. The number of aliphatic hydroxyl groups excluding tert-OH is 8. The summed E-state index contributed by atoms with van der Waals surface area (Å²) in [7, 11) is 0. The number of ether oxygens (including phenoxy) is 2. The van der Waals surface area contributed by atoms with Gasteiger partial charge in [-0.25, -0.2) is 0 Å². The SMILES string of the molecule is OCC1OC(C#Cc2ccc3c(c2)C(O)(C2CC2)c2cc(C#CC4OC(CO)C(O)C(O)C4O)ccc2-3)C(O)C(O)C1O. The van der Waals surface area contributed by atoms with E-state index < -0.39 is 79.9 Å². The van der Waals surface area contributed by atoms with Crippen LogP contribution < -0.4 is 0 Å². The second-order valence-corrected chi connectivity index (χ2v) is 11.6. The molecule has 2 aliphatic carbocycles. The number of rotatable bonds is 3. The lowest BCUT2D eigenvalue weighted by Crippen LogP contribution is -2.58. The fraction of sp³-hybridized carbons (Fsp3) is 0.500. The zero-order chi connectivity index (χ0) is 30.6. The van der Waals surface area contributed by atoms with Gasteiger partial charge in [-0.3, -0.25) is 0 Å². The summed E-state index contributed by atoms with van der Waals surface area (Å²) >= 11 is 0. The Morgan fingerprint density at radius 2 is 1.05 bits per heavy atom. The Labute approximate surface area is 247 Å². The molecule has 2 aliphatic heterocycles. The van der Waals surface area contributed by atoms with Crippen molar-refractivity contribution in [1.82, 2.24) is 0 Å². The molecule has 9 N–H and O–H groups in total. The number of hydrogen-bond acceptors (Lipinski definition) is 11. The van der Waals surface area contributed by atoms with E-state index in [0.29, 0.717) is 22.3 Å². The van der Waals surface area contributed by atoms with Crippen molar-refractivity contribution in [3.63, 3.8) is 0 Å². The summed E-state index contributed by atoms with van der Waals surface area (Å²) in [6, 6.07) is 10.8. The minimum absolute atomic E-state index is 0.0326. The number of benzene rings is 2. The summed E-state index contributed by atoms with van der Waals surface area (Å²) in [5.74, 6) is 11.4. The van der Waals surface area contributed by atoms with E-state index in [1.54, 1.807) is 24.3 Å². The highest BCUT2D eigenvalue weighted by atomic mass is 16.5. The van der Waals surface area contributed by atoms with Crippen molar-refractivity contribution in [2.45, 2.75) is 79.5 Å². The van der Waals surface area contributed by atoms with Gasteiger partial charge >= 0.3 is 0 Å². The molecular formula is C32H34O11. The van der Waals surface area contributed by atoms with Gasteiger partial charge in [-0.15, -0.1) is 0 Å². The normalized spacial score (nSPS) is 38.3. The smallest absolute Gasteiger partial charge is 0.147 e. The van der Waals surface area contributed by atoms with Crippen molar-refractivity contribution in [3.8, 4) is 34.8 Å². The highest BCUT2D eigenvalue weighted by Gasteiger charge is 2.52. The Kier molecular flexibility index (Phi) is 8.11. The first-order valence-corrected chi connectivity index (χ1v) is 14.2. The topological polar surface area (TPSA) is 201 Å². The molecule has 2 aromatic rings. The molecule has 10 atom stereocenters. The lowest BCUT2D eigenvalue weighted by Gasteiger charge is -2.37. The third-order valence-corrected chi connectivity index (χ3v) is 8.82. The van der Waals surface area contributed by atoms with Crippen LogP contribution in [0.2, 0.25) is 0 Å². The van der Waals surface area contributed by atoms with Crippen molar-refractivity contribution in [2.24, 2.45) is 5.92 Å². The molecule has 228 valence electrons. The molecule has 3 fully saturated rings. The molecule has 2 aromatic carbocycles. The second kappa shape index (κ2) is 11.6. The summed E-state index contributed by atoms with van der Waals surface area (Å²) in [6.07, 6.45) is -11.8. The highest BCUT2D eigenvalue weighted by Crippen LogP contribution is 2.58. The summed E-state index contributed by atoms with van der Waals surface area (Å²) in [5.41, 5.74) is 2.75. The van der Waals surface area contributed by atoms with Crippen LogP contribution in [0.4, 0.5) is 0 Å². The van der Waals surface area contributed by atoms with Gasteiger partial charge in [0.2, 0.25) is 0 Å².